The van der Waals surface area contributed by atoms with Crippen molar-refractivity contribution in [2.75, 3.05) is 0 Å². The zero-order valence-electron chi connectivity index (χ0n) is 8.85. The molecule has 0 N–H and O–H groups in total. The Morgan fingerprint density at radius 2 is 1.45 bits per heavy atom. The lowest BCUT2D eigenvalue weighted by atomic mass is 9.84. The quantitative estimate of drug-likeness (QED) is 0.562. The van der Waals surface area contributed by atoms with Crippen molar-refractivity contribution in [3.8, 4) is 0 Å². The molecule has 0 aliphatic rings. The molecule has 0 heteroatoms. The average Bonchev–Trinajstić information content (AvgIpc) is 1.99. The monoisotopic (exact) mass is 156 g/mol. The minimum absolute atomic E-state index is 0.869. The van der Waals surface area contributed by atoms with Gasteiger partial charge in [0.2, 0.25) is 0 Å². The maximum Gasteiger partial charge on any atom is -0.0391 e. The van der Waals surface area contributed by atoms with Gasteiger partial charge in [-0.2, -0.15) is 0 Å². The molecule has 0 aromatic carbocycles. The minimum Gasteiger partial charge on any atom is -0.0651 e. The summed E-state index contributed by atoms with van der Waals surface area (Å²) in [6.45, 7) is 11.7. The number of hydrogen-bond donors (Lipinski definition) is 0. The van der Waals surface area contributed by atoms with E-state index in [0.29, 0.717) is 0 Å². The topological polar surface area (TPSA) is 0 Å². The maximum atomic E-state index is 2.37. The van der Waals surface area contributed by atoms with Crippen LogP contribution < -0.4 is 0 Å². The molecule has 0 saturated heterocycles. The molecule has 0 heterocycles. The first kappa shape index (κ1) is 11.0. The smallest absolute Gasteiger partial charge is 0.0391 e. The Bertz CT molecular complexity index is 84.0. The van der Waals surface area contributed by atoms with E-state index in [-0.39, 0.29) is 0 Å². The second kappa shape index (κ2) is 5.62. The number of rotatable bonds is 5. The van der Waals surface area contributed by atoms with Crippen LogP contribution in [0, 0.1) is 17.8 Å². The molecule has 0 fully saturated rings. The van der Waals surface area contributed by atoms with E-state index < -0.39 is 0 Å². The summed E-state index contributed by atoms with van der Waals surface area (Å²) in [5, 5.41) is 0. The van der Waals surface area contributed by atoms with Gasteiger partial charge in [0.05, 0.1) is 0 Å². The Hall–Kier alpha value is 0. The van der Waals surface area contributed by atoms with Gasteiger partial charge in [-0.05, 0) is 24.2 Å². The molecule has 0 aliphatic heterocycles. The molecule has 0 aliphatic carbocycles. The molecule has 0 spiro atoms. The van der Waals surface area contributed by atoms with Crippen LogP contribution in [-0.2, 0) is 0 Å². The molecule has 0 nitrogen and oxygen atoms in total. The van der Waals surface area contributed by atoms with Gasteiger partial charge in [-0.1, -0.05) is 47.5 Å². The second-order valence-electron chi connectivity index (χ2n) is 4.16. The predicted octanol–water partition coefficient (Wildman–Crippen LogP) is 4.10. The van der Waals surface area contributed by atoms with Crippen LogP contribution in [0.4, 0.5) is 0 Å². The Kier molecular flexibility index (Phi) is 5.62. The van der Waals surface area contributed by atoms with Crippen molar-refractivity contribution in [3.05, 3.63) is 0 Å². The minimum atomic E-state index is 0.869. The van der Waals surface area contributed by atoms with E-state index in [9.17, 15) is 0 Å². The van der Waals surface area contributed by atoms with Gasteiger partial charge in [0, 0.05) is 0 Å². The summed E-state index contributed by atoms with van der Waals surface area (Å²) in [5.74, 6) is 2.74. The van der Waals surface area contributed by atoms with E-state index in [1.807, 2.05) is 0 Å². The third-order valence-electron chi connectivity index (χ3n) is 2.87. The third-order valence-corrected chi connectivity index (χ3v) is 2.87. The van der Waals surface area contributed by atoms with Gasteiger partial charge in [-0.3, -0.25) is 0 Å². The molecular weight excluding hydrogens is 132 g/mol. The summed E-state index contributed by atoms with van der Waals surface area (Å²) in [5.41, 5.74) is 0. The van der Waals surface area contributed by atoms with Gasteiger partial charge < -0.3 is 0 Å². The van der Waals surface area contributed by atoms with Gasteiger partial charge in [-0.15, -0.1) is 0 Å². The molecule has 0 radical (unpaired) electrons. The van der Waals surface area contributed by atoms with Crippen LogP contribution in [0.2, 0.25) is 0 Å². The van der Waals surface area contributed by atoms with Crippen molar-refractivity contribution in [2.24, 2.45) is 17.8 Å². The first-order valence-corrected chi connectivity index (χ1v) is 5.11. The van der Waals surface area contributed by atoms with Crippen molar-refractivity contribution < 1.29 is 0 Å². The molecule has 68 valence electrons. The van der Waals surface area contributed by atoms with E-state index in [1.165, 1.54) is 19.3 Å². The highest BCUT2D eigenvalue weighted by molar-refractivity contribution is 4.64. The summed E-state index contributed by atoms with van der Waals surface area (Å²) >= 11 is 0. The lowest BCUT2D eigenvalue weighted by molar-refractivity contribution is 0.295. The van der Waals surface area contributed by atoms with E-state index in [2.05, 4.69) is 34.6 Å². The molecular formula is C11H24. The molecule has 0 rings (SSSR count). The highest BCUT2D eigenvalue weighted by Gasteiger charge is 2.13. The van der Waals surface area contributed by atoms with Gasteiger partial charge in [-0.25, -0.2) is 0 Å². The Morgan fingerprint density at radius 1 is 0.909 bits per heavy atom. The largest absolute Gasteiger partial charge is 0.0651 e. The fraction of sp³-hybridized carbons (Fsp3) is 1.00. The van der Waals surface area contributed by atoms with Crippen molar-refractivity contribution in [1.82, 2.24) is 0 Å². The van der Waals surface area contributed by atoms with E-state index >= 15 is 0 Å². The Balaban J connectivity index is 3.68. The van der Waals surface area contributed by atoms with Crippen molar-refractivity contribution in [2.45, 2.75) is 53.9 Å². The zero-order valence-corrected chi connectivity index (χ0v) is 8.85. The molecule has 11 heavy (non-hydrogen) atoms. The lowest BCUT2D eigenvalue weighted by Crippen LogP contribution is -2.11. The summed E-state index contributed by atoms with van der Waals surface area (Å²) in [7, 11) is 0. The first-order valence-electron chi connectivity index (χ1n) is 5.11. The summed E-state index contributed by atoms with van der Waals surface area (Å²) in [6, 6.07) is 0. The lowest BCUT2D eigenvalue weighted by Gasteiger charge is -2.22. The van der Waals surface area contributed by atoms with Crippen LogP contribution in [-0.4, -0.2) is 0 Å². The number of hydrogen-bond acceptors (Lipinski definition) is 0. The normalized spacial score (nSPS) is 16.9. The van der Waals surface area contributed by atoms with Crippen LogP contribution in [0.1, 0.15) is 53.9 Å². The first-order chi connectivity index (χ1) is 5.11. The highest BCUT2D eigenvalue weighted by atomic mass is 14.2. The molecule has 0 aromatic rings. The SMILES string of the molecule is CCC(C)CC(CC)C(C)C. The fourth-order valence-corrected chi connectivity index (χ4v) is 1.59. The van der Waals surface area contributed by atoms with Crippen LogP contribution in [0.15, 0.2) is 0 Å². The molecule has 0 aromatic heterocycles. The van der Waals surface area contributed by atoms with Crippen molar-refractivity contribution in [3.63, 3.8) is 0 Å². The van der Waals surface area contributed by atoms with Crippen molar-refractivity contribution in [1.29, 1.82) is 0 Å². The molecule has 2 unspecified atom stereocenters. The summed E-state index contributed by atoms with van der Waals surface area (Å²) < 4.78 is 0. The zero-order chi connectivity index (χ0) is 8.85. The average molecular weight is 156 g/mol. The standard InChI is InChI=1S/C11H24/c1-6-10(5)8-11(7-2)9(3)4/h9-11H,6-8H2,1-5H3. The Labute approximate surface area is 72.4 Å². The molecule has 0 bridgehead atoms. The highest BCUT2D eigenvalue weighted by Crippen LogP contribution is 2.24. The Morgan fingerprint density at radius 3 is 1.73 bits per heavy atom. The van der Waals surface area contributed by atoms with Crippen LogP contribution in [0.5, 0.6) is 0 Å². The molecule has 0 saturated carbocycles. The summed E-state index contributed by atoms with van der Waals surface area (Å²) in [6.07, 6.45) is 4.11. The second-order valence-corrected chi connectivity index (χ2v) is 4.16. The van der Waals surface area contributed by atoms with Crippen molar-refractivity contribution >= 4 is 0 Å². The van der Waals surface area contributed by atoms with Gasteiger partial charge in [0.15, 0.2) is 0 Å². The molecule has 0 amide bonds. The molecule has 2 atom stereocenters. The van der Waals surface area contributed by atoms with E-state index in [0.717, 1.165) is 17.8 Å². The maximum absolute atomic E-state index is 2.37. The third kappa shape index (κ3) is 4.44. The van der Waals surface area contributed by atoms with Gasteiger partial charge in [0.1, 0.15) is 0 Å². The van der Waals surface area contributed by atoms with Crippen LogP contribution in [0.25, 0.3) is 0 Å². The van der Waals surface area contributed by atoms with Gasteiger partial charge >= 0.3 is 0 Å². The van der Waals surface area contributed by atoms with Gasteiger partial charge in [0.25, 0.3) is 0 Å². The summed E-state index contributed by atoms with van der Waals surface area (Å²) in [4.78, 5) is 0. The fourth-order valence-electron chi connectivity index (χ4n) is 1.59. The predicted molar refractivity (Wildman–Crippen MR) is 52.7 cm³/mol. The van der Waals surface area contributed by atoms with Crippen LogP contribution in [0.3, 0.4) is 0 Å². The van der Waals surface area contributed by atoms with E-state index in [1.54, 1.807) is 0 Å². The van der Waals surface area contributed by atoms with Crippen LogP contribution >= 0.6 is 0 Å². The van der Waals surface area contributed by atoms with E-state index in [4.69, 9.17) is 0 Å².